The van der Waals surface area contributed by atoms with Crippen LogP contribution in [0, 0.1) is 0 Å². The number of Topliss-reactive ketones (excluding diaryl/α,β-unsaturated/α-hetero) is 2. The molecule has 0 radical (unpaired) electrons. The van der Waals surface area contributed by atoms with Crippen molar-refractivity contribution in [2.75, 3.05) is 13.2 Å². The van der Waals surface area contributed by atoms with Gasteiger partial charge in [-0.1, -0.05) is 70.8 Å². The number of aromatic nitrogens is 2. The quantitative estimate of drug-likeness (QED) is 0.121. The molecule has 1 amide bonds. The third kappa shape index (κ3) is 9.12. The smallest absolute Gasteiger partial charge is 0.408 e. The van der Waals surface area contributed by atoms with Crippen molar-refractivity contribution in [1.82, 2.24) is 15.5 Å². The van der Waals surface area contributed by atoms with Crippen molar-refractivity contribution >= 4 is 52.2 Å². The number of benzene rings is 2. The Morgan fingerprint density at radius 2 is 1.79 bits per heavy atom. The molecule has 0 aliphatic carbocycles. The molecule has 1 atom stereocenters. The Bertz CT molecular complexity index is 1470. The van der Waals surface area contributed by atoms with E-state index in [9.17, 15) is 14.4 Å². The average Bonchev–Trinajstić information content (AvgIpc) is 3.61. The minimum atomic E-state index is -0.898. The number of nitrogens with one attached hydrogen (secondary N) is 1. The van der Waals surface area contributed by atoms with Gasteiger partial charge in [-0.25, -0.2) is 4.79 Å². The second-order valence-electron chi connectivity index (χ2n) is 9.18. The maximum atomic E-state index is 13.2. The predicted molar refractivity (Wildman–Crippen MR) is 158 cm³/mol. The highest BCUT2D eigenvalue weighted by molar-refractivity contribution is 7.18. The lowest BCUT2D eigenvalue weighted by Gasteiger charge is -2.16. The number of ketones is 2. The zero-order valence-corrected chi connectivity index (χ0v) is 24.7. The molecular formula is C29H28Cl2N4O6S. The summed E-state index contributed by atoms with van der Waals surface area (Å²) in [4.78, 5) is 42.5. The number of nitrogens with zero attached hydrogens (tertiary/aromatic N) is 2. The first kappa shape index (κ1) is 31.2. The van der Waals surface area contributed by atoms with Gasteiger partial charge in [0, 0.05) is 0 Å². The SMILES string of the molecule is NCCCCC(NC(=O)OCc1ccccc1)C(=O)c1noc(Cc2ccc(OCC(=O)c3cc(Cl)c(Cl)s3)cc2)n1. The standard InChI is InChI=1S/C29H28Cl2N4O6S/c30-21-15-24(42-27(21)31)23(36)17-39-20-11-9-18(10-12-20)14-25-34-28(35-41-25)26(37)22(8-4-5-13-32)33-29(38)40-16-19-6-2-1-3-7-19/h1-3,6-7,9-12,15,22H,4-5,8,13-14,16-17,32H2,(H,33,38). The number of nitrogens with two attached hydrogens (primary N) is 1. The molecule has 42 heavy (non-hydrogen) atoms. The second-order valence-corrected chi connectivity index (χ2v) is 11.2. The summed E-state index contributed by atoms with van der Waals surface area (Å²) in [5.41, 5.74) is 7.23. The van der Waals surface area contributed by atoms with E-state index in [2.05, 4.69) is 15.5 Å². The minimum Gasteiger partial charge on any atom is -0.485 e. The zero-order valence-electron chi connectivity index (χ0n) is 22.4. The number of unbranched alkanes of at least 4 members (excludes halogenated alkanes) is 1. The van der Waals surface area contributed by atoms with Crippen molar-refractivity contribution in [2.45, 2.75) is 38.3 Å². The monoisotopic (exact) mass is 630 g/mol. The average molecular weight is 632 g/mol. The molecule has 0 spiro atoms. The fourth-order valence-corrected chi connectivity index (χ4v) is 5.13. The molecule has 0 saturated carbocycles. The molecule has 4 aromatic rings. The lowest BCUT2D eigenvalue weighted by Crippen LogP contribution is -2.41. The van der Waals surface area contributed by atoms with E-state index in [1.165, 1.54) is 6.07 Å². The summed E-state index contributed by atoms with van der Waals surface area (Å²) in [6.07, 6.45) is 1.19. The molecule has 0 saturated heterocycles. The molecule has 2 heterocycles. The van der Waals surface area contributed by atoms with Gasteiger partial charge in [0.15, 0.2) is 6.61 Å². The topological polar surface area (TPSA) is 147 Å². The van der Waals surface area contributed by atoms with Gasteiger partial charge in [0.1, 0.15) is 16.7 Å². The fourth-order valence-electron chi connectivity index (χ4n) is 3.83. The largest absolute Gasteiger partial charge is 0.485 e. The van der Waals surface area contributed by atoms with E-state index >= 15 is 0 Å². The number of hydrogen-bond donors (Lipinski definition) is 2. The van der Waals surface area contributed by atoms with Crippen LogP contribution in [-0.2, 0) is 17.8 Å². The third-order valence-electron chi connectivity index (χ3n) is 6.03. The number of amides is 1. The molecule has 3 N–H and O–H groups in total. The number of ether oxygens (including phenoxy) is 2. The molecule has 0 aliphatic heterocycles. The first-order valence-electron chi connectivity index (χ1n) is 13.1. The molecule has 220 valence electrons. The number of rotatable bonds is 15. The summed E-state index contributed by atoms with van der Waals surface area (Å²) in [5, 5.41) is 6.79. The lowest BCUT2D eigenvalue weighted by atomic mass is 10.0. The maximum Gasteiger partial charge on any atom is 0.408 e. The van der Waals surface area contributed by atoms with E-state index < -0.39 is 17.9 Å². The van der Waals surface area contributed by atoms with Gasteiger partial charge in [-0.15, -0.1) is 11.3 Å². The van der Waals surface area contributed by atoms with Crippen LogP contribution in [0.1, 0.15) is 56.6 Å². The van der Waals surface area contributed by atoms with E-state index in [1.54, 1.807) is 24.3 Å². The molecule has 4 rings (SSSR count). The number of thiophene rings is 1. The molecule has 0 bridgehead atoms. The van der Waals surface area contributed by atoms with Gasteiger partial charge >= 0.3 is 6.09 Å². The Kier molecular flexibility index (Phi) is 11.5. The van der Waals surface area contributed by atoms with E-state index in [1.807, 2.05) is 30.3 Å². The van der Waals surface area contributed by atoms with Gasteiger partial charge in [0.2, 0.25) is 23.3 Å². The second kappa shape index (κ2) is 15.5. The van der Waals surface area contributed by atoms with Crippen LogP contribution in [0.2, 0.25) is 9.36 Å². The fraction of sp³-hybridized carbons (Fsp3) is 0.276. The Morgan fingerprint density at radius 1 is 1.02 bits per heavy atom. The van der Waals surface area contributed by atoms with Crippen LogP contribution in [0.5, 0.6) is 5.75 Å². The Labute approximate surface area is 256 Å². The molecule has 0 fully saturated rings. The molecular weight excluding hydrogens is 603 g/mol. The number of halogens is 2. The molecule has 2 aromatic carbocycles. The van der Waals surface area contributed by atoms with Gasteiger partial charge < -0.3 is 25.0 Å². The summed E-state index contributed by atoms with van der Waals surface area (Å²) in [5.74, 6) is -0.145. The minimum absolute atomic E-state index is 0.0707. The van der Waals surface area contributed by atoms with Gasteiger partial charge in [-0.3, -0.25) is 9.59 Å². The first-order valence-corrected chi connectivity index (χ1v) is 14.6. The van der Waals surface area contributed by atoms with Crippen molar-refractivity contribution < 1.29 is 28.4 Å². The van der Waals surface area contributed by atoms with Crippen molar-refractivity contribution in [3.05, 3.63) is 97.7 Å². The molecule has 2 aromatic heterocycles. The molecule has 1 unspecified atom stereocenters. The predicted octanol–water partition coefficient (Wildman–Crippen LogP) is 5.90. The first-order chi connectivity index (χ1) is 20.3. The highest BCUT2D eigenvalue weighted by Crippen LogP contribution is 2.32. The van der Waals surface area contributed by atoms with E-state index in [-0.39, 0.29) is 37.1 Å². The van der Waals surface area contributed by atoms with Gasteiger partial charge in [0.25, 0.3) is 0 Å². The van der Waals surface area contributed by atoms with Crippen LogP contribution < -0.4 is 15.8 Å². The summed E-state index contributed by atoms with van der Waals surface area (Å²) in [7, 11) is 0. The Hall–Kier alpha value is -3.77. The zero-order chi connectivity index (χ0) is 29.9. The van der Waals surface area contributed by atoms with Crippen LogP contribution >= 0.6 is 34.5 Å². The number of hydrogen-bond acceptors (Lipinski definition) is 10. The summed E-state index contributed by atoms with van der Waals surface area (Å²) in [6.45, 7) is 0.368. The van der Waals surface area contributed by atoms with E-state index in [0.717, 1.165) is 22.5 Å². The van der Waals surface area contributed by atoms with Gasteiger partial charge in [0.05, 0.1) is 22.4 Å². The highest BCUT2D eigenvalue weighted by Gasteiger charge is 2.27. The van der Waals surface area contributed by atoms with Crippen LogP contribution in [-0.4, -0.2) is 47.0 Å². The van der Waals surface area contributed by atoms with E-state index in [0.29, 0.717) is 45.8 Å². The van der Waals surface area contributed by atoms with Crippen LogP contribution in [0.4, 0.5) is 4.79 Å². The van der Waals surface area contributed by atoms with Crippen molar-refractivity contribution in [2.24, 2.45) is 5.73 Å². The Balaban J connectivity index is 1.31. The van der Waals surface area contributed by atoms with Gasteiger partial charge in [-0.05, 0) is 55.1 Å². The van der Waals surface area contributed by atoms with Crippen molar-refractivity contribution in [3.63, 3.8) is 0 Å². The van der Waals surface area contributed by atoms with Crippen molar-refractivity contribution in [1.29, 1.82) is 0 Å². The highest BCUT2D eigenvalue weighted by atomic mass is 35.5. The van der Waals surface area contributed by atoms with Crippen LogP contribution in [0.25, 0.3) is 0 Å². The molecule has 0 aliphatic rings. The Morgan fingerprint density at radius 3 is 2.48 bits per heavy atom. The summed E-state index contributed by atoms with van der Waals surface area (Å²) >= 11 is 12.9. The third-order valence-corrected chi connectivity index (χ3v) is 7.93. The lowest BCUT2D eigenvalue weighted by molar-refractivity contribution is 0.0896. The molecule has 10 nitrogen and oxygen atoms in total. The van der Waals surface area contributed by atoms with Crippen LogP contribution in [0.15, 0.2) is 65.2 Å². The normalized spacial score (nSPS) is 11.6. The van der Waals surface area contributed by atoms with E-state index in [4.69, 9.17) is 42.9 Å². The van der Waals surface area contributed by atoms with Gasteiger partial charge in [-0.2, -0.15) is 4.98 Å². The maximum absolute atomic E-state index is 13.2. The number of alkyl carbamates (subject to hydrolysis) is 1. The summed E-state index contributed by atoms with van der Waals surface area (Å²) < 4.78 is 16.5. The van der Waals surface area contributed by atoms with Crippen molar-refractivity contribution in [3.8, 4) is 5.75 Å². The number of carbonyl (C=O) groups excluding carboxylic acids is 3. The summed E-state index contributed by atoms with van der Waals surface area (Å²) in [6, 6.07) is 16.8. The number of carbonyl (C=O) groups is 3. The van der Waals surface area contributed by atoms with Crippen LogP contribution in [0.3, 0.4) is 0 Å². The molecule has 13 heteroatoms.